The third-order valence-corrected chi connectivity index (χ3v) is 13.1. The largest absolute Gasteiger partial charge is 0.309 e. The lowest BCUT2D eigenvalue weighted by Crippen LogP contribution is -2.10. The van der Waals surface area contributed by atoms with E-state index < -0.39 is 0 Å². The van der Waals surface area contributed by atoms with Crippen LogP contribution in [0, 0.1) is 0 Å². The minimum Gasteiger partial charge on any atom is -0.309 e. The minimum atomic E-state index is 0.113. The van der Waals surface area contributed by atoms with Crippen molar-refractivity contribution in [3.63, 3.8) is 0 Å². The number of rotatable bonds is 4. The maximum atomic E-state index is 2.46. The lowest BCUT2D eigenvalue weighted by molar-refractivity contribution is 0.579. The summed E-state index contributed by atoms with van der Waals surface area (Å²) in [6, 6.07) is 68.3. The monoisotopic (exact) mass is 746 g/mol. The summed E-state index contributed by atoms with van der Waals surface area (Å²) in [5.41, 5.74) is 18.2. The van der Waals surface area contributed by atoms with Crippen molar-refractivity contribution in [1.82, 2.24) is 9.13 Å². The number of hydrogen-bond acceptors (Lipinski definition) is 0. The zero-order valence-corrected chi connectivity index (χ0v) is 33.6. The quantitative estimate of drug-likeness (QED) is 0.170. The summed E-state index contributed by atoms with van der Waals surface area (Å²) in [6.07, 6.45) is 0.998. The van der Waals surface area contributed by atoms with Gasteiger partial charge in [0.2, 0.25) is 0 Å². The molecule has 2 nitrogen and oxygen atoms in total. The Balaban J connectivity index is 0.980. The Morgan fingerprint density at radius 2 is 0.948 bits per heavy atom. The second-order valence-corrected chi connectivity index (χ2v) is 17.4. The van der Waals surface area contributed by atoms with E-state index in [-0.39, 0.29) is 5.41 Å². The molecule has 2 aromatic heterocycles. The zero-order valence-electron chi connectivity index (χ0n) is 33.6. The number of hydrogen-bond donors (Lipinski definition) is 0. The van der Waals surface area contributed by atoms with E-state index >= 15 is 0 Å². The van der Waals surface area contributed by atoms with Gasteiger partial charge in [-0.2, -0.15) is 0 Å². The summed E-state index contributed by atoms with van der Waals surface area (Å²) >= 11 is 0. The summed E-state index contributed by atoms with van der Waals surface area (Å²) in [7, 11) is 0. The Morgan fingerprint density at radius 1 is 0.448 bits per heavy atom. The fourth-order valence-electron chi connectivity index (χ4n) is 9.98. The highest BCUT2D eigenvalue weighted by atomic mass is 15.0. The molecule has 1 aliphatic carbocycles. The summed E-state index contributed by atoms with van der Waals surface area (Å²) in [4.78, 5) is 0. The van der Waals surface area contributed by atoms with E-state index in [1.54, 1.807) is 0 Å². The van der Waals surface area contributed by atoms with Gasteiger partial charge in [-0.25, -0.2) is 0 Å². The van der Waals surface area contributed by atoms with Crippen molar-refractivity contribution in [2.24, 2.45) is 0 Å². The molecule has 0 spiro atoms. The molecule has 0 radical (unpaired) electrons. The standard InChI is InChI=1S/C56H46N2/c1-36-44-31-23-38(39-24-32-55-51(34-39)48-17-9-12-20-54(48)58(55)43-29-25-41(26-30-43)56(2,3)4)33-50(44)45-14-6-5-13-40(45)35-49(36)37-21-27-42(28-22-37)57-52-18-10-7-15-46(52)47-16-8-11-19-53(47)57/h5-34,36,49H,35H2,1-4H3. The van der Waals surface area contributed by atoms with E-state index in [2.05, 4.69) is 219 Å². The second-order valence-electron chi connectivity index (χ2n) is 17.4. The zero-order chi connectivity index (χ0) is 39.1. The maximum Gasteiger partial charge on any atom is 0.0541 e. The van der Waals surface area contributed by atoms with Gasteiger partial charge in [-0.3, -0.25) is 0 Å². The molecule has 1 aliphatic rings. The van der Waals surface area contributed by atoms with Crippen LogP contribution in [0.25, 0.3) is 77.2 Å². The topological polar surface area (TPSA) is 9.86 Å². The van der Waals surface area contributed by atoms with Crippen LogP contribution in [0.4, 0.5) is 0 Å². The first-order valence-electron chi connectivity index (χ1n) is 20.8. The van der Waals surface area contributed by atoms with Crippen LogP contribution in [0.5, 0.6) is 0 Å². The first-order chi connectivity index (χ1) is 28.3. The smallest absolute Gasteiger partial charge is 0.0541 e. The highest BCUT2D eigenvalue weighted by Gasteiger charge is 2.29. The Morgan fingerprint density at radius 3 is 1.57 bits per heavy atom. The van der Waals surface area contributed by atoms with Gasteiger partial charge < -0.3 is 9.13 Å². The van der Waals surface area contributed by atoms with Gasteiger partial charge >= 0.3 is 0 Å². The predicted molar refractivity (Wildman–Crippen MR) is 246 cm³/mol. The van der Waals surface area contributed by atoms with Crippen molar-refractivity contribution in [2.45, 2.75) is 51.4 Å². The van der Waals surface area contributed by atoms with Crippen LogP contribution in [0.1, 0.15) is 61.8 Å². The highest BCUT2D eigenvalue weighted by molar-refractivity contribution is 6.11. The third kappa shape index (κ3) is 5.46. The van der Waals surface area contributed by atoms with Gasteiger partial charge in [-0.1, -0.05) is 149 Å². The van der Waals surface area contributed by atoms with Crippen LogP contribution in [0.3, 0.4) is 0 Å². The van der Waals surface area contributed by atoms with E-state index in [1.807, 2.05) is 0 Å². The Bertz CT molecular complexity index is 3130. The van der Waals surface area contributed by atoms with Crippen molar-refractivity contribution < 1.29 is 0 Å². The van der Waals surface area contributed by atoms with Crippen LogP contribution < -0.4 is 0 Å². The van der Waals surface area contributed by atoms with Gasteiger partial charge in [-0.05, 0) is 129 Å². The molecule has 11 rings (SSSR count). The van der Waals surface area contributed by atoms with Crippen LogP contribution in [-0.4, -0.2) is 9.13 Å². The summed E-state index contributed by atoms with van der Waals surface area (Å²) in [6.45, 7) is 9.26. The number of fused-ring (bicyclic) bond motifs is 9. The molecule has 0 amide bonds. The van der Waals surface area contributed by atoms with Gasteiger partial charge in [-0.15, -0.1) is 0 Å². The van der Waals surface area contributed by atoms with E-state index in [0.717, 1.165) is 6.42 Å². The Labute approximate surface area is 340 Å². The van der Waals surface area contributed by atoms with Crippen LogP contribution in [0.2, 0.25) is 0 Å². The van der Waals surface area contributed by atoms with Crippen molar-refractivity contribution in [1.29, 1.82) is 0 Å². The molecule has 2 heteroatoms. The lowest BCUT2D eigenvalue weighted by Gasteiger charge is -2.24. The van der Waals surface area contributed by atoms with Crippen molar-refractivity contribution in [3.05, 3.63) is 204 Å². The molecule has 0 aliphatic heterocycles. The number of para-hydroxylation sites is 3. The van der Waals surface area contributed by atoms with Gasteiger partial charge in [0, 0.05) is 32.9 Å². The summed E-state index contributed by atoms with van der Waals surface area (Å²) < 4.78 is 4.84. The van der Waals surface area contributed by atoms with E-state index in [1.165, 1.54) is 99.5 Å². The van der Waals surface area contributed by atoms with E-state index in [9.17, 15) is 0 Å². The molecule has 2 heterocycles. The Hall–Kier alpha value is -6.64. The van der Waals surface area contributed by atoms with Crippen molar-refractivity contribution in [3.8, 4) is 33.6 Å². The van der Waals surface area contributed by atoms with Gasteiger partial charge in [0.05, 0.1) is 22.1 Å². The number of nitrogens with zero attached hydrogens (tertiary/aromatic N) is 2. The SMILES string of the molecule is CC1c2ccc(-c3ccc4c(c3)c3ccccc3n4-c3ccc(C(C)(C)C)cc3)cc2-c2ccccc2CC1c1ccc(-n2c3ccccc3c3ccccc32)cc1. The molecule has 0 saturated carbocycles. The lowest BCUT2D eigenvalue weighted by atomic mass is 9.80. The van der Waals surface area contributed by atoms with Crippen LogP contribution >= 0.6 is 0 Å². The minimum absolute atomic E-state index is 0.113. The van der Waals surface area contributed by atoms with Gasteiger partial charge in [0.15, 0.2) is 0 Å². The fraction of sp³-hybridized carbons (Fsp3) is 0.143. The van der Waals surface area contributed by atoms with Crippen molar-refractivity contribution in [2.75, 3.05) is 0 Å². The van der Waals surface area contributed by atoms with Gasteiger partial charge in [0.25, 0.3) is 0 Å². The molecule has 58 heavy (non-hydrogen) atoms. The second kappa shape index (κ2) is 13.2. The highest BCUT2D eigenvalue weighted by Crippen LogP contribution is 2.47. The number of benzene rings is 8. The average molecular weight is 747 g/mol. The van der Waals surface area contributed by atoms with Crippen LogP contribution in [0.15, 0.2) is 182 Å². The third-order valence-electron chi connectivity index (χ3n) is 13.1. The first kappa shape index (κ1) is 34.6. The maximum absolute atomic E-state index is 2.46. The molecule has 8 aromatic carbocycles. The molecule has 280 valence electrons. The summed E-state index contributed by atoms with van der Waals surface area (Å²) in [5, 5.41) is 5.14. The molecule has 0 saturated heterocycles. The van der Waals surface area contributed by atoms with Crippen LogP contribution in [-0.2, 0) is 11.8 Å². The molecular formula is C56H46N2. The predicted octanol–water partition coefficient (Wildman–Crippen LogP) is 15.0. The number of aromatic nitrogens is 2. The molecular weight excluding hydrogens is 701 g/mol. The van der Waals surface area contributed by atoms with Crippen molar-refractivity contribution >= 4 is 43.6 Å². The molecule has 10 aromatic rings. The fourth-order valence-corrected chi connectivity index (χ4v) is 9.98. The molecule has 2 atom stereocenters. The molecule has 0 bridgehead atoms. The van der Waals surface area contributed by atoms with E-state index in [4.69, 9.17) is 0 Å². The molecule has 2 unspecified atom stereocenters. The average Bonchev–Trinajstić information content (AvgIpc) is 3.74. The molecule has 0 fully saturated rings. The Kier molecular flexibility index (Phi) is 7.88. The molecule has 0 N–H and O–H groups in total. The van der Waals surface area contributed by atoms with E-state index in [0.29, 0.717) is 11.8 Å². The van der Waals surface area contributed by atoms with Gasteiger partial charge in [0.1, 0.15) is 0 Å². The normalized spacial score (nSPS) is 15.5. The first-order valence-corrected chi connectivity index (χ1v) is 20.8. The summed E-state index contributed by atoms with van der Waals surface area (Å²) in [5.74, 6) is 0.682.